The number of aromatic nitrogens is 1. The Hall–Kier alpha value is -0.980. The van der Waals surface area contributed by atoms with Crippen LogP contribution < -0.4 is 10.5 Å². The molecular weight excluding hydrogens is 250 g/mol. The Balaban J connectivity index is 2.10. The third-order valence-electron chi connectivity index (χ3n) is 3.33. The first-order valence-electron chi connectivity index (χ1n) is 6.18. The van der Waals surface area contributed by atoms with Crippen molar-refractivity contribution in [3.63, 3.8) is 0 Å². The van der Waals surface area contributed by atoms with Crippen LogP contribution in [-0.4, -0.2) is 19.4 Å². The van der Waals surface area contributed by atoms with E-state index in [1.165, 1.54) is 12.3 Å². The van der Waals surface area contributed by atoms with Crippen molar-refractivity contribution in [2.75, 3.05) is 0 Å². The molecule has 2 rings (SSSR count). The fourth-order valence-electron chi connectivity index (χ4n) is 2.28. The van der Waals surface area contributed by atoms with E-state index >= 15 is 0 Å². The lowest BCUT2D eigenvalue weighted by Gasteiger charge is -2.12. The minimum absolute atomic E-state index is 0.0426. The maximum absolute atomic E-state index is 12.1. The van der Waals surface area contributed by atoms with E-state index in [1.54, 1.807) is 6.07 Å². The Labute approximate surface area is 108 Å². The molecule has 1 aromatic rings. The van der Waals surface area contributed by atoms with E-state index in [9.17, 15) is 8.42 Å². The summed E-state index contributed by atoms with van der Waals surface area (Å²) in [6, 6.07) is 3.24. The van der Waals surface area contributed by atoms with Gasteiger partial charge in [0, 0.05) is 18.8 Å². The molecule has 5 nitrogen and oxygen atoms in total. The molecule has 1 saturated carbocycles. The number of sulfonamides is 1. The van der Waals surface area contributed by atoms with Gasteiger partial charge in [0.25, 0.3) is 10.0 Å². The van der Waals surface area contributed by atoms with E-state index in [2.05, 4.69) is 16.6 Å². The van der Waals surface area contributed by atoms with Crippen molar-refractivity contribution in [1.82, 2.24) is 9.71 Å². The lowest BCUT2D eigenvalue weighted by atomic mass is 10.1. The van der Waals surface area contributed by atoms with Crippen LogP contribution in [0.3, 0.4) is 0 Å². The van der Waals surface area contributed by atoms with E-state index in [1.807, 2.05) is 0 Å². The van der Waals surface area contributed by atoms with E-state index < -0.39 is 10.0 Å². The predicted octanol–water partition coefficient (Wildman–Crippen LogP) is 1.01. The Morgan fingerprint density at radius 3 is 2.72 bits per heavy atom. The van der Waals surface area contributed by atoms with E-state index in [4.69, 9.17) is 5.73 Å². The first-order chi connectivity index (χ1) is 8.51. The summed E-state index contributed by atoms with van der Waals surface area (Å²) < 4.78 is 26.9. The van der Waals surface area contributed by atoms with E-state index in [0.717, 1.165) is 24.8 Å². The third kappa shape index (κ3) is 3.07. The molecule has 0 amide bonds. The molecule has 2 unspecified atom stereocenters. The van der Waals surface area contributed by atoms with Crippen molar-refractivity contribution >= 4 is 10.0 Å². The number of hydrogen-bond acceptors (Lipinski definition) is 4. The summed E-state index contributed by atoms with van der Waals surface area (Å²) in [7, 11) is -3.49. The van der Waals surface area contributed by atoms with Gasteiger partial charge in [-0.15, -0.1) is 0 Å². The molecule has 1 aliphatic carbocycles. The molecule has 1 aliphatic rings. The van der Waals surface area contributed by atoms with Crippen LogP contribution in [-0.2, 0) is 16.6 Å². The van der Waals surface area contributed by atoms with Crippen molar-refractivity contribution in [3.8, 4) is 0 Å². The van der Waals surface area contributed by atoms with Crippen LogP contribution in [0.25, 0.3) is 0 Å². The first kappa shape index (κ1) is 13.5. The normalized spacial score (nSPS) is 24.3. The molecule has 0 radical (unpaired) electrons. The molecule has 100 valence electrons. The zero-order chi connectivity index (χ0) is 13.2. The van der Waals surface area contributed by atoms with Gasteiger partial charge in [0.15, 0.2) is 5.03 Å². The Bertz CT molecular complexity index is 499. The van der Waals surface area contributed by atoms with Crippen molar-refractivity contribution in [2.45, 2.75) is 43.8 Å². The first-order valence-corrected chi connectivity index (χ1v) is 7.67. The maximum atomic E-state index is 12.1. The van der Waals surface area contributed by atoms with Crippen LogP contribution in [0.5, 0.6) is 0 Å². The number of nitrogens with two attached hydrogens (primary N) is 1. The molecule has 6 heteroatoms. The molecule has 1 fully saturated rings. The minimum Gasteiger partial charge on any atom is -0.326 e. The van der Waals surface area contributed by atoms with Crippen molar-refractivity contribution in [3.05, 3.63) is 23.9 Å². The largest absolute Gasteiger partial charge is 0.326 e. The maximum Gasteiger partial charge on any atom is 0.258 e. The average molecular weight is 269 g/mol. The molecule has 1 heterocycles. The lowest BCUT2D eigenvalue weighted by Crippen LogP contribution is -2.33. The second kappa shape index (κ2) is 5.34. The second-order valence-corrected chi connectivity index (χ2v) is 6.61. The summed E-state index contributed by atoms with van der Waals surface area (Å²) in [5, 5.41) is 0.0688. The summed E-state index contributed by atoms with van der Waals surface area (Å²) in [5.74, 6) is 0.588. The third-order valence-corrected chi connectivity index (χ3v) is 4.76. The number of rotatable bonds is 4. The Kier molecular flexibility index (Phi) is 3.99. The SMILES string of the molecule is CC1CCC(NS(=O)(=O)c2ccc(CN)cn2)C1. The second-order valence-electron chi connectivity index (χ2n) is 4.95. The summed E-state index contributed by atoms with van der Waals surface area (Å²) in [4.78, 5) is 3.95. The van der Waals surface area contributed by atoms with Gasteiger partial charge in [-0.2, -0.15) is 0 Å². The van der Waals surface area contributed by atoms with Gasteiger partial charge in [0.05, 0.1) is 0 Å². The van der Waals surface area contributed by atoms with Crippen LogP contribution in [0.4, 0.5) is 0 Å². The van der Waals surface area contributed by atoms with Crippen LogP contribution in [0.1, 0.15) is 31.7 Å². The molecule has 0 aromatic carbocycles. The molecule has 3 N–H and O–H groups in total. The number of nitrogens with zero attached hydrogens (tertiary/aromatic N) is 1. The molecule has 2 atom stereocenters. The molecule has 0 bridgehead atoms. The highest BCUT2D eigenvalue weighted by molar-refractivity contribution is 7.89. The highest BCUT2D eigenvalue weighted by atomic mass is 32.2. The number of nitrogens with one attached hydrogen (secondary N) is 1. The van der Waals surface area contributed by atoms with Gasteiger partial charge in [-0.05, 0) is 36.8 Å². The summed E-state index contributed by atoms with van der Waals surface area (Å²) in [5.41, 5.74) is 6.27. The Morgan fingerprint density at radius 1 is 1.44 bits per heavy atom. The predicted molar refractivity (Wildman–Crippen MR) is 69.3 cm³/mol. The van der Waals surface area contributed by atoms with Crippen molar-refractivity contribution in [2.24, 2.45) is 11.7 Å². The zero-order valence-electron chi connectivity index (χ0n) is 10.5. The lowest BCUT2D eigenvalue weighted by molar-refractivity contribution is 0.536. The molecule has 0 saturated heterocycles. The van der Waals surface area contributed by atoms with Gasteiger partial charge in [-0.1, -0.05) is 13.0 Å². The topological polar surface area (TPSA) is 85.1 Å². The summed E-state index contributed by atoms with van der Waals surface area (Å²) in [6.07, 6.45) is 4.39. The van der Waals surface area contributed by atoms with Gasteiger partial charge in [-0.3, -0.25) is 0 Å². The average Bonchev–Trinajstić information content (AvgIpc) is 2.74. The van der Waals surface area contributed by atoms with Crippen molar-refractivity contribution in [1.29, 1.82) is 0 Å². The van der Waals surface area contributed by atoms with Crippen LogP contribution in [0.15, 0.2) is 23.4 Å². The zero-order valence-corrected chi connectivity index (χ0v) is 11.3. The van der Waals surface area contributed by atoms with Gasteiger partial charge < -0.3 is 5.73 Å². The van der Waals surface area contributed by atoms with E-state index in [-0.39, 0.29) is 11.1 Å². The van der Waals surface area contributed by atoms with Gasteiger partial charge >= 0.3 is 0 Å². The molecule has 1 aromatic heterocycles. The highest BCUT2D eigenvalue weighted by Gasteiger charge is 2.26. The molecule has 0 spiro atoms. The van der Waals surface area contributed by atoms with Gasteiger partial charge in [0.2, 0.25) is 0 Å². The van der Waals surface area contributed by atoms with Gasteiger partial charge in [0.1, 0.15) is 0 Å². The summed E-state index contributed by atoms with van der Waals surface area (Å²) >= 11 is 0. The standard InChI is InChI=1S/C12H19N3O2S/c1-9-2-4-11(6-9)15-18(16,17)12-5-3-10(7-13)8-14-12/h3,5,8-9,11,15H,2,4,6-7,13H2,1H3. The minimum atomic E-state index is -3.49. The monoisotopic (exact) mass is 269 g/mol. The molecule has 18 heavy (non-hydrogen) atoms. The van der Waals surface area contributed by atoms with Gasteiger partial charge in [-0.25, -0.2) is 18.1 Å². The van der Waals surface area contributed by atoms with Crippen molar-refractivity contribution < 1.29 is 8.42 Å². The molecule has 0 aliphatic heterocycles. The molecular formula is C12H19N3O2S. The van der Waals surface area contributed by atoms with Crippen LogP contribution in [0.2, 0.25) is 0 Å². The Morgan fingerprint density at radius 2 is 2.22 bits per heavy atom. The quantitative estimate of drug-likeness (QED) is 0.854. The highest BCUT2D eigenvalue weighted by Crippen LogP contribution is 2.25. The van der Waals surface area contributed by atoms with Crippen LogP contribution in [0, 0.1) is 5.92 Å². The smallest absolute Gasteiger partial charge is 0.258 e. The number of pyridine rings is 1. The number of hydrogen-bond donors (Lipinski definition) is 2. The fourth-order valence-corrected chi connectivity index (χ4v) is 3.50. The fraction of sp³-hybridized carbons (Fsp3) is 0.583. The summed E-state index contributed by atoms with van der Waals surface area (Å²) in [6.45, 7) is 2.50. The van der Waals surface area contributed by atoms with Crippen LogP contribution >= 0.6 is 0 Å². The van der Waals surface area contributed by atoms with E-state index in [0.29, 0.717) is 12.5 Å².